The van der Waals surface area contributed by atoms with E-state index in [0.717, 1.165) is 22.9 Å². The summed E-state index contributed by atoms with van der Waals surface area (Å²) in [5.74, 6) is 0. The van der Waals surface area contributed by atoms with Gasteiger partial charge in [-0.2, -0.15) is 0 Å². The smallest absolute Gasteiger partial charge is 0.321 e. The van der Waals surface area contributed by atoms with E-state index < -0.39 is 0 Å². The lowest BCUT2D eigenvalue weighted by molar-refractivity contribution is 0.252. The van der Waals surface area contributed by atoms with Crippen molar-refractivity contribution in [3.63, 3.8) is 0 Å². The molecule has 2 N–H and O–H groups in total. The number of benzene rings is 1. The van der Waals surface area contributed by atoms with Gasteiger partial charge in [0.1, 0.15) is 5.01 Å². The van der Waals surface area contributed by atoms with Gasteiger partial charge in [-0.3, -0.25) is 5.32 Å². The molecule has 8 heteroatoms. The molecule has 0 radical (unpaired) electrons. The van der Waals surface area contributed by atoms with Gasteiger partial charge in [0, 0.05) is 31.0 Å². The van der Waals surface area contributed by atoms with E-state index in [0.29, 0.717) is 11.7 Å². The van der Waals surface area contributed by atoms with Crippen molar-refractivity contribution in [2.45, 2.75) is 19.8 Å². The molecule has 0 bridgehead atoms. The van der Waals surface area contributed by atoms with Gasteiger partial charge in [0.05, 0.1) is 5.01 Å². The minimum Gasteiger partial charge on any atom is -0.337 e. The van der Waals surface area contributed by atoms with Gasteiger partial charge in [-0.05, 0) is 18.1 Å². The Morgan fingerprint density at radius 2 is 2.08 bits per heavy atom. The van der Waals surface area contributed by atoms with Crippen LogP contribution in [0.3, 0.4) is 0 Å². The summed E-state index contributed by atoms with van der Waals surface area (Å²) in [4.78, 5) is 16.0. The van der Waals surface area contributed by atoms with E-state index in [1.807, 2.05) is 17.5 Å². The van der Waals surface area contributed by atoms with Crippen LogP contribution in [-0.2, 0) is 12.8 Å². The lowest BCUT2D eigenvalue weighted by Gasteiger charge is -2.03. The fourth-order valence-corrected chi connectivity index (χ4v) is 3.53. The Labute approximate surface area is 148 Å². The number of thiazole rings is 1. The van der Waals surface area contributed by atoms with Gasteiger partial charge in [0.15, 0.2) is 0 Å². The Morgan fingerprint density at radius 3 is 2.88 bits per heavy atom. The second kappa shape index (κ2) is 7.98. The number of amides is 2. The molecule has 2 aromatic heterocycles. The third-order valence-electron chi connectivity index (χ3n) is 3.40. The minimum atomic E-state index is -0.273. The van der Waals surface area contributed by atoms with Crippen molar-refractivity contribution in [1.29, 1.82) is 0 Å². The zero-order chi connectivity index (χ0) is 16.8. The number of hydrogen-bond donors (Lipinski definition) is 2. The van der Waals surface area contributed by atoms with Gasteiger partial charge in [-0.1, -0.05) is 35.6 Å². The first-order valence-electron chi connectivity index (χ1n) is 7.51. The fourth-order valence-electron chi connectivity index (χ4n) is 2.15. The van der Waals surface area contributed by atoms with Gasteiger partial charge >= 0.3 is 6.03 Å². The molecule has 24 heavy (non-hydrogen) atoms. The van der Waals surface area contributed by atoms with Crippen molar-refractivity contribution in [2.24, 2.45) is 0 Å². The van der Waals surface area contributed by atoms with Crippen LogP contribution in [0.4, 0.5) is 9.93 Å². The average molecular weight is 359 g/mol. The molecule has 0 spiro atoms. The lowest BCUT2D eigenvalue weighted by atomic mass is 10.1. The molecular formula is C16H17N5OS2. The number of urea groups is 1. The Balaban J connectivity index is 1.48. The highest BCUT2D eigenvalue weighted by molar-refractivity contribution is 7.15. The minimum absolute atomic E-state index is 0.273. The van der Waals surface area contributed by atoms with Gasteiger partial charge in [-0.25, -0.2) is 9.78 Å². The molecule has 0 aliphatic carbocycles. The van der Waals surface area contributed by atoms with Crippen molar-refractivity contribution in [2.75, 3.05) is 11.9 Å². The number of aromatic nitrogens is 3. The van der Waals surface area contributed by atoms with Crippen molar-refractivity contribution in [1.82, 2.24) is 20.5 Å². The maximum atomic E-state index is 11.9. The zero-order valence-electron chi connectivity index (χ0n) is 13.2. The summed E-state index contributed by atoms with van der Waals surface area (Å²) in [5, 5.41) is 18.0. The molecule has 0 fully saturated rings. The number of nitrogens with zero attached hydrogens (tertiary/aromatic N) is 3. The lowest BCUT2D eigenvalue weighted by Crippen LogP contribution is -2.30. The quantitative estimate of drug-likeness (QED) is 0.708. The topological polar surface area (TPSA) is 79.8 Å². The Bertz CT molecular complexity index is 800. The second-order valence-corrected chi connectivity index (χ2v) is 7.20. The Kier molecular flexibility index (Phi) is 5.50. The number of anilines is 1. The van der Waals surface area contributed by atoms with Crippen molar-refractivity contribution in [3.05, 3.63) is 57.0 Å². The zero-order valence-corrected chi connectivity index (χ0v) is 14.8. The van der Waals surface area contributed by atoms with E-state index in [2.05, 4.69) is 44.9 Å². The van der Waals surface area contributed by atoms with Crippen molar-refractivity contribution >= 4 is 33.8 Å². The highest BCUT2D eigenvalue weighted by Crippen LogP contribution is 2.20. The summed E-state index contributed by atoms with van der Waals surface area (Å²) in [7, 11) is 0. The highest BCUT2D eigenvalue weighted by atomic mass is 32.1. The first kappa shape index (κ1) is 16.5. The third-order valence-corrected chi connectivity index (χ3v) is 5.08. The van der Waals surface area contributed by atoms with Crippen LogP contribution < -0.4 is 10.6 Å². The molecule has 0 saturated carbocycles. The molecule has 3 aromatic rings. The van der Waals surface area contributed by atoms with E-state index in [-0.39, 0.29) is 6.03 Å². The molecule has 0 saturated heterocycles. The standard InChI is InChI=1S/C16H17N5OS2/c1-11-4-2-3-5-12(11)10-14-20-21-16(24-14)19-15(22)18-7-6-13-17-8-9-23-13/h2-5,8-9H,6-7,10H2,1H3,(H2,18,19,21,22). The van der Waals surface area contributed by atoms with E-state index in [1.54, 1.807) is 17.5 Å². The molecule has 2 heterocycles. The van der Waals surface area contributed by atoms with Crippen molar-refractivity contribution in [3.8, 4) is 0 Å². The molecular weight excluding hydrogens is 342 g/mol. The Hall–Kier alpha value is -2.32. The number of hydrogen-bond acceptors (Lipinski definition) is 6. The monoisotopic (exact) mass is 359 g/mol. The maximum Gasteiger partial charge on any atom is 0.321 e. The molecule has 124 valence electrons. The molecule has 0 unspecified atom stereocenters. The highest BCUT2D eigenvalue weighted by Gasteiger charge is 2.09. The van der Waals surface area contributed by atoms with Crippen LogP contribution in [0.15, 0.2) is 35.8 Å². The van der Waals surface area contributed by atoms with E-state index in [1.165, 1.54) is 22.5 Å². The van der Waals surface area contributed by atoms with Gasteiger partial charge in [-0.15, -0.1) is 21.5 Å². The van der Waals surface area contributed by atoms with Crippen LogP contribution in [0.1, 0.15) is 21.1 Å². The molecule has 6 nitrogen and oxygen atoms in total. The van der Waals surface area contributed by atoms with Crippen LogP contribution >= 0.6 is 22.7 Å². The van der Waals surface area contributed by atoms with Gasteiger partial charge in [0.25, 0.3) is 0 Å². The van der Waals surface area contributed by atoms with Crippen LogP contribution in [0, 0.1) is 6.92 Å². The summed E-state index contributed by atoms with van der Waals surface area (Å²) in [6.45, 7) is 2.61. The molecule has 0 aliphatic rings. The summed E-state index contributed by atoms with van der Waals surface area (Å²) in [6.07, 6.45) is 3.20. The van der Waals surface area contributed by atoms with Gasteiger partial charge < -0.3 is 5.32 Å². The normalized spacial score (nSPS) is 10.5. The predicted molar refractivity (Wildman–Crippen MR) is 96.7 cm³/mol. The first-order chi connectivity index (χ1) is 11.7. The van der Waals surface area contributed by atoms with E-state index in [4.69, 9.17) is 0 Å². The third kappa shape index (κ3) is 4.59. The molecule has 3 rings (SSSR count). The fraction of sp³-hybridized carbons (Fsp3) is 0.250. The number of rotatable bonds is 6. The second-order valence-electron chi connectivity index (χ2n) is 5.16. The number of carbonyl (C=O) groups excluding carboxylic acids is 1. The summed E-state index contributed by atoms with van der Waals surface area (Å²) < 4.78 is 0. The molecule has 0 atom stereocenters. The van der Waals surface area contributed by atoms with E-state index in [9.17, 15) is 4.79 Å². The van der Waals surface area contributed by atoms with Gasteiger partial charge in [0.2, 0.25) is 5.13 Å². The largest absolute Gasteiger partial charge is 0.337 e. The number of nitrogens with one attached hydrogen (secondary N) is 2. The number of aryl methyl sites for hydroxylation is 1. The van der Waals surface area contributed by atoms with Crippen LogP contribution in [0.2, 0.25) is 0 Å². The maximum absolute atomic E-state index is 11.9. The van der Waals surface area contributed by atoms with Crippen molar-refractivity contribution < 1.29 is 4.79 Å². The molecule has 0 aliphatic heterocycles. The van der Waals surface area contributed by atoms with Crippen LogP contribution in [0.5, 0.6) is 0 Å². The van der Waals surface area contributed by atoms with Crippen LogP contribution in [-0.4, -0.2) is 27.8 Å². The predicted octanol–water partition coefficient (Wildman–Crippen LogP) is 3.26. The summed E-state index contributed by atoms with van der Waals surface area (Å²) >= 11 is 2.97. The summed E-state index contributed by atoms with van der Waals surface area (Å²) in [5.41, 5.74) is 2.44. The number of carbonyl (C=O) groups is 1. The SMILES string of the molecule is Cc1ccccc1Cc1nnc(NC(=O)NCCc2nccs2)s1. The average Bonchev–Trinajstić information content (AvgIpc) is 3.22. The molecule has 2 amide bonds. The van der Waals surface area contributed by atoms with Crippen LogP contribution in [0.25, 0.3) is 0 Å². The summed E-state index contributed by atoms with van der Waals surface area (Å²) in [6, 6.07) is 7.91. The first-order valence-corrected chi connectivity index (χ1v) is 9.20. The molecule has 1 aromatic carbocycles. The Morgan fingerprint density at radius 1 is 1.21 bits per heavy atom. The van der Waals surface area contributed by atoms with E-state index >= 15 is 0 Å².